The molecule has 0 saturated heterocycles. The van der Waals surface area contributed by atoms with Crippen molar-refractivity contribution in [2.45, 2.75) is 44.2 Å². The zero-order chi connectivity index (χ0) is 25.8. The average molecular weight is 500 g/mol. The second kappa shape index (κ2) is 10.7. The van der Waals surface area contributed by atoms with Crippen molar-refractivity contribution in [2.75, 3.05) is 0 Å². The highest BCUT2D eigenvalue weighted by molar-refractivity contribution is 5.95. The van der Waals surface area contributed by atoms with E-state index in [1.165, 1.54) is 12.1 Å². The van der Waals surface area contributed by atoms with E-state index >= 15 is 0 Å². The number of carbonyl (C=O) groups excluding carboxylic acids is 2. The number of aromatic nitrogens is 3. The van der Waals surface area contributed by atoms with Gasteiger partial charge in [-0.05, 0) is 61.6 Å². The highest BCUT2D eigenvalue weighted by Gasteiger charge is 2.25. The maximum atomic E-state index is 14.6. The summed E-state index contributed by atoms with van der Waals surface area (Å²) in [5.74, 6) is -1.21. The van der Waals surface area contributed by atoms with Gasteiger partial charge < -0.3 is 10.6 Å². The molecule has 2 heterocycles. The third-order valence-electron chi connectivity index (χ3n) is 6.76. The molecule has 37 heavy (non-hydrogen) atoms. The molecule has 0 spiro atoms. The van der Waals surface area contributed by atoms with E-state index in [9.17, 15) is 18.8 Å². The van der Waals surface area contributed by atoms with Crippen LogP contribution >= 0.6 is 0 Å². The Morgan fingerprint density at radius 3 is 2.24 bits per heavy atom. The van der Waals surface area contributed by atoms with E-state index in [0.717, 1.165) is 12.8 Å². The lowest BCUT2D eigenvalue weighted by Gasteiger charge is -2.29. The molecule has 2 aromatic heterocycles. The summed E-state index contributed by atoms with van der Waals surface area (Å²) in [6, 6.07) is 14.8. The quantitative estimate of drug-likeness (QED) is 0.375. The van der Waals surface area contributed by atoms with Gasteiger partial charge in [0.25, 0.3) is 17.4 Å². The van der Waals surface area contributed by atoms with Gasteiger partial charge in [0, 0.05) is 41.8 Å². The van der Waals surface area contributed by atoms with Crippen molar-refractivity contribution in [2.24, 2.45) is 0 Å². The zero-order valence-electron chi connectivity index (χ0n) is 20.0. The SMILES string of the molecule is O=C(NC1CCC(NC(=O)c2cc(Cc3n[nH]c(=O)c4ccccc34)ccc2F)CC1)c1ccncc1. The minimum atomic E-state index is -0.598. The van der Waals surface area contributed by atoms with Crippen LogP contribution in [-0.2, 0) is 6.42 Å². The van der Waals surface area contributed by atoms with E-state index in [0.29, 0.717) is 46.9 Å². The zero-order valence-corrected chi connectivity index (χ0v) is 20.0. The number of fused-ring (bicyclic) bond motifs is 1. The fraction of sp³-hybridized carbons (Fsp3) is 0.250. The number of nitrogens with one attached hydrogen (secondary N) is 3. The average Bonchev–Trinajstić information content (AvgIpc) is 2.93. The Hall–Kier alpha value is -4.40. The molecule has 2 amide bonds. The van der Waals surface area contributed by atoms with Gasteiger partial charge in [-0.3, -0.25) is 19.4 Å². The Kier molecular flexibility index (Phi) is 7.02. The molecule has 3 N–H and O–H groups in total. The van der Waals surface area contributed by atoms with Crippen LogP contribution in [0, 0.1) is 5.82 Å². The Labute approximate surface area is 212 Å². The van der Waals surface area contributed by atoms with Gasteiger partial charge in [0.2, 0.25) is 0 Å². The predicted octanol–water partition coefficient (Wildman–Crippen LogP) is 3.52. The molecule has 1 fully saturated rings. The number of pyridine rings is 1. The highest BCUT2D eigenvalue weighted by atomic mass is 19.1. The fourth-order valence-electron chi connectivity index (χ4n) is 4.77. The summed E-state index contributed by atoms with van der Waals surface area (Å²) in [5, 5.41) is 13.9. The van der Waals surface area contributed by atoms with Gasteiger partial charge >= 0.3 is 0 Å². The minimum absolute atomic E-state index is 0.0218. The number of halogens is 1. The second-order valence-electron chi connectivity index (χ2n) is 9.27. The largest absolute Gasteiger partial charge is 0.349 e. The van der Waals surface area contributed by atoms with Crippen molar-refractivity contribution in [3.63, 3.8) is 0 Å². The van der Waals surface area contributed by atoms with E-state index in [4.69, 9.17) is 0 Å². The van der Waals surface area contributed by atoms with Gasteiger partial charge in [-0.1, -0.05) is 24.3 Å². The van der Waals surface area contributed by atoms with Crippen molar-refractivity contribution in [3.05, 3.63) is 106 Å². The number of rotatable bonds is 6. The second-order valence-corrected chi connectivity index (χ2v) is 9.27. The van der Waals surface area contributed by atoms with Gasteiger partial charge in [-0.25, -0.2) is 9.49 Å². The number of carbonyl (C=O) groups is 2. The molecule has 0 atom stereocenters. The van der Waals surface area contributed by atoms with Gasteiger partial charge in [0.1, 0.15) is 5.82 Å². The Morgan fingerprint density at radius 2 is 1.54 bits per heavy atom. The summed E-state index contributed by atoms with van der Waals surface area (Å²) in [4.78, 5) is 41.3. The molecule has 1 aliphatic carbocycles. The summed E-state index contributed by atoms with van der Waals surface area (Å²) in [6.07, 6.45) is 6.29. The van der Waals surface area contributed by atoms with Gasteiger partial charge in [-0.2, -0.15) is 5.10 Å². The first kappa shape index (κ1) is 24.3. The molecule has 9 heteroatoms. The van der Waals surface area contributed by atoms with Gasteiger partial charge in [0.15, 0.2) is 0 Å². The molecule has 0 bridgehead atoms. The molecule has 5 rings (SSSR count). The third kappa shape index (κ3) is 5.55. The lowest BCUT2D eigenvalue weighted by molar-refractivity contribution is 0.0889. The van der Waals surface area contributed by atoms with E-state index in [-0.39, 0.29) is 29.1 Å². The van der Waals surface area contributed by atoms with Crippen LogP contribution in [0.5, 0.6) is 0 Å². The van der Waals surface area contributed by atoms with Gasteiger partial charge in [-0.15, -0.1) is 0 Å². The summed E-state index contributed by atoms with van der Waals surface area (Å²) in [6.45, 7) is 0. The lowest BCUT2D eigenvalue weighted by Crippen LogP contribution is -2.44. The first-order chi connectivity index (χ1) is 18.0. The first-order valence-electron chi connectivity index (χ1n) is 12.2. The fourth-order valence-corrected chi connectivity index (χ4v) is 4.77. The Morgan fingerprint density at radius 1 is 0.892 bits per heavy atom. The normalized spacial score (nSPS) is 17.3. The summed E-state index contributed by atoms with van der Waals surface area (Å²) < 4.78 is 14.6. The van der Waals surface area contributed by atoms with E-state index < -0.39 is 11.7 Å². The van der Waals surface area contributed by atoms with Crippen molar-refractivity contribution in [1.82, 2.24) is 25.8 Å². The number of nitrogens with zero attached hydrogens (tertiary/aromatic N) is 2. The molecule has 8 nitrogen and oxygen atoms in total. The number of H-pyrrole nitrogens is 1. The van der Waals surface area contributed by atoms with Crippen LogP contribution in [0.15, 0.2) is 71.8 Å². The number of amides is 2. The summed E-state index contributed by atoms with van der Waals surface area (Å²) >= 11 is 0. The minimum Gasteiger partial charge on any atom is -0.349 e. The molecule has 0 aliphatic heterocycles. The van der Waals surface area contributed by atoms with Crippen molar-refractivity contribution in [1.29, 1.82) is 0 Å². The maximum absolute atomic E-state index is 14.6. The molecule has 188 valence electrons. The van der Waals surface area contributed by atoms with E-state index in [1.807, 2.05) is 12.1 Å². The predicted molar refractivity (Wildman–Crippen MR) is 137 cm³/mol. The molecule has 1 aliphatic rings. The molecular weight excluding hydrogens is 473 g/mol. The van der Waals surface area contributed by atoms with Crippen LogP contribution in [0.4, 0.5) is 4.39 Å². The molecule has 0 unspecified atom stereocenters. The van der Waals surface area contributed by atoms with Crippen LogP contribution in [0.2, 0.25) is 0 Å². The lowest BCUT2D eigenvalue weighted by atomic mass is 9.90. The van der Waals surface area contributed by atoms with Crippen LogP contribution in [0.3, 0.4) is 0 Å². The van der Waals surface area contributed by atoms with Crippen LogP contribution in [0.25, 0.3) is 10.8 Å². The van der Waals surface area contributed by atoms with E-state index in [1.54, 1.807) is 42.7 Å². The monoisotopic (exact) mass is 499 g/mol. The molecule has 2 aromatic carbocycles. The van der Waals surface area contributed by atoms with Crippen LogP contribution in [0.1, 0.15) is 57.7 Å². The molecular formula is C28H26FN5O3. The number of hydrogen-bond donors (Lipinski definition) is 3. The Bertz CT molecular complexity index is 1500. The number of benzene rings is 2. The van der Waals surface area contributed by atoms with Crippen molar-refractivity contribution < 1.29 is 14.0 Å². The number of hydrogen-bond acceptors (Lipinski definition) is 5. The molecule has 1 saturated carbocycles. The third-order valence-corrected chi connectivity index (χ3v) is 6.76. The maximum Gasteiger partial charge on any atom is 0.272 e. The van der Waals surface area contributed by atoms with E-state index in [2.05, 4.69) is 25.8 Å². The molecule has 4 aromatic rings. The highest BCUT2D eigenvalue weighted by Crippen LogP contribution is 2.22. The Balaban J connectivity index is 1.21. The topological polar surface area (TPSA) is 117 Å². The van der Waals surface area contributed by atoms with Crippen LogP contribution < -0.4 is 16.2 Å². The smallest absolute Gasteiger partial charge is 0.272 e. The first-order valence-corrected chi connectivity index (χ1v) is 12.2. The van der Waals surface area contributed by atoms with Crippen molar-refractivity contribution >= 4 is 22.6 Å². The van der Waals surface area contributed by atoms with Gasteiger partial charge in [0.05, 0.1) is 16.6 Å². The summed E-state index contributed by atoms with van der Waals surface area (Å²) in [7, 11) is 0. The summed E-state index contributed by atoms with van der Waals surface area (Å²) in [5.41, 5.74) is 1.61. The van der Waals surface area contributed by atoms with Crippen molar-refractivity contribution in [3.8, 4) is 0 Å². The van der Waals surface area contributed by atoms with Crippen LogP contribution in [-0.4, -0.2) is 39.1 Å². The number of aromatic amines is 1. The molecule has 0 radical (unpaired) electrons. The standard InChI is InChI=1S/C28H26FN5O3/c29-24-10-5-17(16-25-21-3-1-2-4-22(21)28(37)34-33-25)15-23(24)27(36)32-20-8-6-19(7-9-20)31-26(35)18-11-13-30-14-12-18/h1-5,10-15,19-20H,6-9,16H2,(H,31,35)(H,32,36)(H,34,37).